The van der Waals surface area contributed by atoms with Crippen LogP contribution in [0.4, 0.5) is 4.79 Å². The lowest BCUT2D eigenvalue weighted by molar-refractivity contribution is -0.139. The molecule has 2 amide bonds. The van der Waals surface area contributed by atoms with Gasteiger partial charge in [0.25, 0.3) is 0 Å². The minimum absolute atomic E-state index is 0.295. The highest BCUT2D eigenvalue weighted by atomic mass is 16.5. The number of carbonyl (C=O) groups excluding carboxylic acids is 2. The van der Waals surface area contributed by atoms with Crippen LogP contribution in [-0.4, -0.2) is 18.6 Å². The fourth-order valence-electron chi connectivity index (χ4n) is 2.74. The van der Waals surface area contributed by atoms with Crippen LogP contribution in [0.25, 0.3) is 0 Å². The zero-order chi connectivity index (χ0) is 17.0. The van der Waals surface area contributed by atoms with Gasteiger partial charge in [0.15, 0.2) is 0 Å². The first-order valence-electron chi connectivity index (χ1n) is 7.96. The van der Waals surface area contributed by atoms with E-state index >= 15 is 0 Å². The van der Waals surface area contributed by atoms with Gasteiger partial charge in [-0.1, -0.05) is 38.1 Å². The van der Waals surface area contributed by atoms with Gasteiger partial charge < -0.3 is 15.4 Å². The third-order valence-corrected chi connectivity index (χ3v) is 3.72. The predicted octanol–water partition coefficient (Wildman–Crippen LogP) is 3.08. The molecule has 2 rings (SSSR count). The molecule has 0 radical (unpaired) electrons. The molecule has 23 heavy (non-hydrogen) atoms. The average Bonchev–Trinajstić information content (AvgIpc) is 2.46. The lowest BCUT2D eigenvalue weighted by Gasteiger charge is -2.28. The Morgan fingerprint density at radius 3 is 2.48 bits per heavy atom. The smallest absolute Gasteiger partial charge is 0.338 e. The minimum atomic E-state index is -0.490. The lowest BCUT2D eigenvalue weighted by atomic mass is 9.93. The molecule has 0 aliphatic carbocycles. The van der Waals surface area contributed by atoms with Crippen molar-refractivity contribution in [3.05, 3.63) is 46.7 Å². The third-order valence-electron chi connectivity index (χ3n) is 3.72. The number of amides is 2. The maximum absolute atomic E-state index is 12.2. The molecule has 1 aliphatic rings. The zero-order valence-electron chi connectivity index (χ0n) is 14.1. The van der Waals surface area contributed by atoms with Crippen LogP contribution in [-0.2, 0) is 16.0 Å². The van der Waals surface area contributed by atoms with E-state index in [-0.39, 0.29) is 6.03 Å². The van der Waals surface area contributed by atoms with Crippen molar-refractivity contribution in [3.63, 3.8) is 0 Å². The van der Waals surface area contributed by atoms with Gasteiger partial charge >= 0.3 is 12.0 Å². The van der Waals surface area contributed by atoms with Gasteiger partial charge in [-0.3, -0.25) is 0 Å². The van der Waals surface area contributed by atoms with Crippen molar-refractivity contribution >= 4 is 12.0 Å². The van der Waals surface area contributed by atoms with Gasteiger partial charge in [0.2, 0.25) is 0 Å². The number of ether oxygens (including phenoxy) is 1. The molecule has 1 aliphatic heterocycles. The summed E-state index contributed by atoms with van der Waals surface area (Å²) in [5.41, 5.74) is 3.09. The van der Waals surface area contributed by atoms with Crippen LogP contribution in [0.15, 0.2) is 35.5 Å². The number of nitrogens with one attached hydrogen (secondary N) is 2. The zero-order valence-corrected chi connectivity index (χ0v) is 14.1. The fraction of sp³-hybridized carbons (Fsp3) is 0.444. The van der Waals surface area contributed by atoms with Crippen molar-refractivity contribution in [1.29, 1.82) is 0 Å². The van der Waals surface area contributed by atoms with E-state index in [9.17, 15) is 9.59 Å². The predicted molar refractivity (Wildman–Crippen MR) is 88.7 cm³/mol. The molecule has 0 saturated carbocycles. The third kappa shape index (κ3) is 4.12. The summed E-state index contributed by atoms with van der Waals surface area (Å²) in [5, 5.41) is 5.44. The number of rotatable bonds is 5. The molecule has 5 heteroatoms. The van der Waals surface area contributed by atoms with Crippen LogP contribution in [0.2, 0.25) is 0 Å². The molecule has 1 heterocycles. The molecule has 2 N–H and O–H groups in total. The fourth-order valence-corrected chi connectivity index (χ4v) is 2.74. The number of esters is 1. The van der Waals surface area contributed by atoms with Crippen molar-refractivity contribution in [2.45, 2.75) is 40.2 Å². The monoisotopic (exact) mass is 316 g/mol. The first-order chi connectivity index (χ1) is 10.9. The van der Waals surface area contributed by atoms with Gasteiger partial charge in [0.1, 0.15) is 0 Å². The Balaban J connectivity index is 2.32. The standard InChI is InChI=1S/C18H24N2O3/c1-5-23-17(21)15-12(4)19-18(22)20-16(15)14-8-6-13(7-9-14)10-11(2)3/h6-9,11,16H,5,10H2,1-4H3,(H2,19,20,22)/t16-/m1/s1. The Morgan fingerprint density at radius 1 is 1.26 bits per heavy atom. The van der Waals surface area contributed by atoms with Crippen LogP contribution in [0.3, 0.4) is 0 Å². The van der Waals surface area contributed by atoms with E-state index in [1.54, 1.807) is 13.8 Å². The highest BCUT2D eigenvalue weighted by Crippen LogP contribution is 2.28. The topological polar surface area (TPSA) is 67.4 Å². The molecule has 1 aromatic rings. The molecule has 0 aromatic heterocycles. The molecular weight excluding hydrogens is 292 g/mol. The molecule has 124 valence electrons. The highest BCUT2D eigenvalue weighted by Gasteiger charge is 2.31. The van der Waals surface area contributed by atoms with Gasteiger partial charge in [0.05, 0.1) is 18.2 Å². The molecule has 0 saturated heterocycles. The molecule has 5 nitrogen and oxygen atoms in total. The number of benzene rings is 1. The van der Waals surface area contributed by atoms with Crippen LogP contribution in [0, 0.1) is 5.92 Å². The Labute approximate surface area is 137 Å². The Hall–Kier alpha value is -2.30. The Morgan fingerprint density at radius 2 is 1.91 bits per heavy atom. The lowest BCUT2D eigenvalue weighted by Crippen LogP contribution is -2.45. The summed E-state index contributed by atoms with van der Waals surface area (Å²) < 4.78 is 5.13. The second-order valence-electron chi connectivity index (χ2n) is 6.13. The van der Waals surface area contributed by atoms with E-state index in [1.807, 2.05) is 24.3 Å². The summed E-state index contributed by atoms with van der Waals surface area (Å²) >= 11 is 0. The number of hydrogen-bond acceptors (Lipinski definition) is 3. The number of urea groups is 1. The highest BCUT2D eigenvalue weighted by molar-refractivity contribution is 5.95. The van der Waals surface area contributed by atoms with E-state index in [4.69, 9.17) is 4.74 Å². The van der Waals surface area contributed by atoms with Gasteiger partial charge in [-0.25, -0.2) is 9.59 Å². The van der Waals surface area contributed by atoms with Gasteiger partial charge in [0, 0.05) is 5.70 Å². The van der Waals surface area contributed by atoms with Crippen molar-refractivity contribution in [1.82, 2.24) is 10.6 Å². The van der Waals surface area contributed by atoms with Gasteiger partial charge in [-0.05, 0) is 37.3 Å². The van der Waals surface area contributed by atoms with E-state index in [2.05, 4.69) is 24.5 Å². The van der Waals surface area contributed by atoms with Crippen LogP contribution < -0.4 is 10.6 Å². The van der Waals surface area contributed by atoms with E-state index < -0.39 is 12.0 Å². The summed E-state index contributed by atoms with van der Waals surface area (Å²) in [6, 6.07) is 7.20. The quantitative estimate of drug-likeness (QED) is 0.820. The maximum Gasteiger partial charge on any atom is 0.338 e. The van der Waals surface area contributed by atoms with E-state index in [0.717, 1.165) is 12.0 Å². The summed E-state index contributed by atoms with van der Waals surface area (Å²) in [4.78, 5) is 24.0. The van der Waals surface area contributed by atoms with Crippen LogP contribution in [0.1, 0.15) is 44.9 Å². The first kappa shape index (κ1) is 17.1. The summed E-state index contributed by atoms with van der Waals surface area (Å²) in [6.07, 6.45) is 0.998. The van der Waals surface area contributed by atoms with Crippen molar-refractivity contribution in [2.24, 2.45) is 5.92 Å². The van der Waals surface area contributed by atoms with Crippen molar-refractivity contribution in [2.75, 3.05) is 6.61 Å². The molecule has 0 spiro atoms. The number of hydrogen-bond donors (Lipinski definition) is 2. The number of allylic oxidation sites excluding steroid dienone is 1. The Kier molecular flexibility index (Phi) is 5.42. The molecule has 1 aromatic carbocycles. The molecule has 1 atom stereocenters. The normalized spacial score (nSPS) is 17.8. The van der Waals surface area contributed by atoms with E-state index in [0.29, 0.717) is 23.8 Å². The molecule has 0 bridgehead atoms. The van der Waals surface area contributed by atoms with Crippen LogP contribution >= 0.6 is 0 Å². The molecule has 0 unspecified atom stereocenters. The van der Waals surface area contributed by atoms with Gasteiger partial charge in [-0.2, -0.15) is 0 Å². The second-order valence-corrected chi connectivity index (χ2v) is 6.13. The maximum atomic E-state index is 12.2. The second kappa shape index (κ2) is 7.31. The number of carbonyl (C=O) groups is 2. The summed E-state index contributed by atoms with van der Waals surface area (Å²) in [7, 11) is 0. The minimum Gasteiger partial charge on any atom is -0.463 e. The average molecular weight is 316 g/mol. The van der Waals surface area contributed by atoms with Crippen LogP contribution in [0.5, 0.6) is 0 Å². The molecular formula is C18H24N2O3. The summed E-state index contributed by atoms with van der Waals surface area (Å²) in [6.45, 7) is 8.12. The van der Waals surface area contributed by atoms with Gasteiger partial charge in [-0.15, -0.1) is 0 Å². The van der Waals surface area contributed by atoms with Crippen molar-refractivity contribution in [3.8, 4) is 0 Å². The van der Waals surface area contributed by atoms with Crippen molar-refractivity contribution < 1.29 is 14.3 Å². The SMILES string of the molecule is CCOC(=O)C1=C(C)NC(=O)N[C@@H]1c1ccc(CC(C)C)cc1. The first-order valence-corrected chi connectivity index (χ1v) is 7.96. The molecule has 0 fully saturated rings. The summed E-state index contributed by atoms with van der Waals surface area (Å²) in [5.74, 6) is 0.172. The largest absolute Gasteiger partial charge is 0.463 e. The van der Waals surface area contributed by atoms with E-state index in [1.165, 1.54) is 5.56 Å². The Bertz CT molecular complexity index is 618.